The van der Waals surface area contributed by atoms with Crippen molar-refractivity contribution in [2.75, 3.05) is 5.32 Å². The van der Waals surface area contributed by atoms with Crippen molar-refractivity contribution in [1.82, 2.24) is 9.55 Å². The van der Waals surface area contributed by atoms with Crippen LogP contribution >= 0.6 is 0 Å². The van der Waals surface area contributed by atoms with Gasteiger partial charge in [-0.25, -0.2) is 4.98 Å². The molecule has 1 amide bonds. The minimum Gasteiger partial charge on any atom is -0.333 e. The van der Waals surface area contributed by atoms with Gasteiger partial charge in [0.25, 0.3) is 5.69 Å². The molecule has 0 spiro atoms. The van der Waals surface area contributed by atoms with Gasteiger partial charge >= 0.3 is 0 Å². The van der Waals surface area contributed by atoms with E-state index in [-0.39, 0.29) is 18.0 Å². The molecule has 0 radical (unpaired) electrons. The summed E-state index contributed by atoms with van der Waals surface area (Å²) in [6.07, 6.45) is 5.49. The van der Waals surface area contributed by atoms with Crippen LogP contribution in [0.1, 0.15) is 11.1 Å². The van der Waals surface area contributed by atoms with Crippen molar-refractivity contribution in [3.8, 4) is 0 Å². The van der Waals surface area contributed by atoms with Gasteiger partial charge in [-0.2, -0.15) is 0 Å². The van der Waals surface area contributed by atoms with Crippen LogP contribution in [0, 0.1) is 10.1 Å². The van der Waals surface area contributed by atoms with E-state index in [0.717, 1.165) is 11.1 Å². The third-order valence-electron chi connectivity index (χ3n) is 3.65. The average Bonchev–Trinajstić information content (AvgIpc) is 3.08. The first-order valence-corrected chi connectivity index (χ1v) is 7.68. The van der Waals surface area contributed by atoms with Crippen LogP contribution in [0.5, 0.6) is 0 Å². The lowest BCUT2D eigenvalue weighted by Gasteiger charge is -2.08. The highest BCUT2D eigenvalue weighted by Crippen LogP contribution is 2.15. The molecule has 0 saturated heterocycles. The maximum absolute atomic E-state index is 12.2. The van der Waals surface area contributed by atoms with Crippen molar-refractivity contribution in [3.63, 3.8) is 0 Å². The molecule has 0 atom stereocenters. The van der Waals surface area contributed by atoms with Crippen molar-refractivity contribution in [2.45, 2.75) is 13.0 Å². The number of carbonyl (C=O) groups excluding carboxylic acids is 1. The SMILES string of the molecule is O=C(Cc1ccc([N+](=O)[O-])cc1)Nc1cccc(Cn2ccnc2)c1. The Morgan fingerprint density at radius 3 is 2.64 bits per heavy atom. The quantitative estimate of drug-likeness (QED) is 0.553. The maximum Gasteiger partial charge on any atom is 0.269 e. The summed E-state index contributed by atoms with van der Waals surface area (Å²) in [6, 6.07) is 13.6. The topological polar surface area (TPSA) is 90.1 Å². The number of nitro groups is 1. The fraction of sp³-hybridized carbons (Fsp3) is 0.111. The number of benzene rings is 2. The minimum absolute atomic E-state index is 0.0105. The number of amides is 1. The van der Waals surface area contributed by atoms with Crippen LogP contribution in [0.3, 0.4) is 0 Å². The second-order valence-corrected chi connectivity index (χ2v) is 5.58. The van der Waals surface area contributed by atoms with E-state index in [0.29, 0.717) is 12.2 Å². The molecule has 0 unspecified atom stereocenters. The van der Waals surface area contributed by atoms with E-state index in [2.05, 4.69) is 10.3 Å². The molecular weight excluding hydrogens is 320 g/mol. The average molecular weight is 336 g/mol. The van der Waals surface area contributed by atoms with Gasteiger partial charge in [0, 0.05) is 36.8 Å². The molecule has 1 N–H and O–H groups in total. The lowest BCUT2D eigenvalue weighted by atomic mass is 10.1. The Morgan fingerprint density at radius 2 is 1.96 bits per heavy atom. The molecule has 3 rings (SSSR count). The Labute approximate surface area is 144 Å². The van der Waals surface area contributed by atoms with Gasteiger partial charge in [-0.05, 0) is 23.3 Å². The fourth-order valence-electron chi connectivity index (χ4n) is 2.46. The lowest BCUT2D eigenvalue weighted by molar-refractivity contribution is -0.384. The number of non-ortho nitro benzene ring substituents is 1. The molecule has 1 aromatic heterocycles. The predicted octanol–water partition coefficient (Wildman–Crippen LogP) is 3.02. The molecule has 2 aromatic carbocycles. The molecule has 1 heterocycles. The largest absolute Gasteiger partial charge is 0.333 e. The number of rotatable bonds is 6. The maximum atomic E-state index is 12.2. The van der Waals surface area contributed by atoms with Crippen LogP contribution in [0.15, 0.2) is 67.3 Å². The Kier molecular flexibility index (Phi) is 4.84. The number of imidazole rings is 1. The van der Waals surface area contributed by atoms with Crippen molar-refractivity contribution >= 4 is 17.3 Å². The zero-order valence-corrected chi connectivity index (χ0v) is 13.3. The summed E-state index contributed by atoms with van der Waals surface area (Å²) in [5, 5.41) is 13.5. The van der Waals surface area contributed by atoms with E-state index in [1.165, 1.54) is 12.1 Å². The predicted molar refractivity (Wildman–Crippen MR) is 93.2 cm³/mol. The van der Waals surface area contributed by atoms with E-state index >= 15 is 0 Å². The van der Waals surface area contributed by atoms with Crippen LogP contribution in [-0.2, 0) is 17.8 Å². The molecule has 0 aliphatic rings. The second-order valence-electron chi connectivity index (χ2n) is 5.58. The molecule has 126 valence electrons. The molecule has 0 saturated carbocycles. The summed E-state index contributed by atoms with van der Waals surface area (Å²) in [4.78, 5) is 26.4. The highest BCUT2D eigenvalue weighted by atomic mass is 16.6. The molecule has 25 heavy (non-hydrogen) atoms. The number of aromatic nitrogens is 2. The van der Waals surface area contributed by atoms with Crippen molar-refractivity contribution in [1.29, 1.82) is 0 Å². The molecule has 7 nitrogen and oxygen atoms in total. The Bertz CT molecular complexity index is 874. The first-order chi connectivity index (χ1) is 12.1. The van der Waals surface area contributed by atoms with E-state index in [4.69, 9.17) is 0 Å². The van der Waals surface area contributed by atoms with E-state index in [1.807, 2.05) is 35.0 Å². The van der Waals surface area contributed by atoms with Crippen molar-refractivity contribution in [3.05, 3.63) is 88.5 Å². The van der Waals surface area contributed by atoms with E-state index < -0.39 is 4.92 Å². The molecule has 0 aliphatic carbocycles. The number of hydrogen-bond acceptors (Lipinski definition) is 4. The van der Waals surface area contributed by atoms with Gasteiger partial charge < -0.3 is 9.88 Å². The summed E-state index contributed by atoms with van der Waals surface area (Å²) in [5.74, 6) is -0.173. The number of nitrogens with zero attached hydrogens (tertiary/aromatic N) is 3. The fourth-order valence-corrected chi connectivity index (χ4v) is 2.46. The number of nitrogens with one attached hydrogen (secondary N) is 1. The van der Waals surface area contributed by atoms with Crippen LogP contribution in [0.4, 0.5) is 11.4 Å². The van der Waals surface area contributed by atoms with Crippen LogP contribution in [-0.4, -0.2) is 20.4 Å². The highest BCUT2D eigenvalue weighted by molar-refractivity contribution is 5.92. The van der Waals surface area contributed by atoms with E-state index in [1.54, 1.807) is 24.7 Å². The first-order valence-electron chi connectivity index (χ1n) is 7.68. The molecule has 0 bridgehead atoms. The van der Waals surface area contributed by atoms with Gasteiger partial charge in [0.2, 0.25) is 5.91 Å². The van der Waals surface area contributed by atoms with Gasteiger partial charge in [0.15, 0.2) is 0 Å². The van der Waals surface area contributed by atoms with Gasteiger partial charge in [0.1, 0.15) is 0 Å². The summed E-state index contributed by atoms with van der Waals surface area (Å²) in [7, 11) is 0. The molecule has 0 fully saturated rings. The van der Waals surface area contributed by atoms with Gasteiger partial charge in [-0.1, -0.05) is 24.3 Å². The normalized spacial score (nSPS) is 10.4. The zero-order valence-electron chi connectivity index (χ0n) is 13.3. The zero-order chi connectivity index (χ0) is 17.6. The summed E-state index contributed by atoms with van der Waals surface area (Å²) < 4.78 is 1.94. The highest BCUT2D eigenvalue weighted by Gasteiger charge is 2.08. The number of carbonyl (C=O) groups is 1. The van der Waals surface area contributed by atoms with Gasteiger partial charge in [-0.3, -0.25) is 14.9 Å². The number of hydrogen-bond donors (Lipinski definition) is 1. The number of anilines is 1. The third kappa shape index (κ3) is 4.51. The third-order valence-corrected chi connectivity index (χ3v) is 3.65. The van der Waals surface area contributed by atoms with Crippen LogP contribution in [0.25, 0.3) is 0 Å². The van der Waals surface area contributed by atoms with Crippen molar-refractivity contribution < 1.29 is 9.72 Å². The van der Waals surface area contributed by atoms with E-state index in [9.17, 15) is 14.9 Å². The Hall–Kier alpha value is -3.48. The summed E-state index contributed by atoms with van der Waals surface area (Å²) >= 11 is 0. The molecule has 0 aliphatic heterocycles. The van der Waals surface area contributed by atoms with Gasteiger partial charge in [0.05, 0.1) is 17.7 Å². The van der Waals surface area contributed by atoms with Crippen LogP contribution < -0.4 is 5.32 Å². The first kappa shape index (κ1) is 16.4. The van der Waals surface area contributed by atoms with Crippen molar-refractivity contribution in [2.24, 2.45) is 0 Å². The Morgan fingerprint density at radius 1 is 1.16 bits per heavy atom. The smallest absolute Gasteiger partial charge is 0.269 e. The van der Waals surface area contributed by atoms with Gasteiger partial charge in [-0.15, -0.1) is 0 Å². The summed E-state index contributed by atoms with van der Waals surface area (Å²) in [5.41, 5.74) is 2.49. The standard InChI is InChI=1S/C18H16N4O3/c23-18(11-14-4-6-17(7-5-14)22(24)25)20-16-3-1-2-15(10-16)12-21-9-8-19-13-21/h1-10,13H,11-12H2,(H,20,23). The second kappa shape index (κ2) is 7.39. The minimum atomic E-state index is -0.463. The number of nitro benzene ring substituents is 1. The van der Waals surface area contributed by atoms with Crippen LogP contribution in [0.2, 0.25) is 0 Å². The Balaban J connectivity index is 1.61. The molecule has 7 heteroatoms. The lowest BCUT2D eigenvalue weighted by Crippen LogP contribution is -2.14. The monoisotopic (exact) mass is 336 g/mol. The molecular formula is C18H16N4O3. The molecule has 3 aromatic rings. The summed E-state index contributed by atoms with van der Waals surface area (Å²) in [6.45, 7) is 0.673.